The number of benzene rings is 4. The average molecular weight is 696 g/mol. The highest BCUT2D eigenvalue weighted by atomic mass is 79.9. The zero-order chi connectivity index (χ0) is 31.2. The molecule has 2 aliphatic rings. The van der Waals surface area contributed by atoms with Crippen LogP contribution in [-0.2, 0) is 19.7 Å². The number of piperidine rings is 1. The minimum Gasteiger partial charge on any atom is -0.493 e. The van der Waals surface area contributed by atoms with Crippen LogP contribution >= 0.6 is 39.1 Å². The van der Waals surface area contributed by atoms with Gasteiger partial charge in [-0.05, 0) is 71.8 Å². The summed E-state index contributed by atoms with van der Waals surface area (Å²) < 4.78 is 17.5. The third kappa shape index (κ3) is 5.08. The molecule has 0 aromatic heterocycles. The lowest BCUT2D eigenvalue weighted by Gasteiger charge is -2.46. The first-order valence-corrected chi connectivity index (χ1v) is 15.1. The maximum atomic E-state index is 14.4. The molecule has 1 unspecified atom stereocenters. The van der Waals surface area contributed by atoms with Gasteiger partial charge in [0.15, 0.2) is 11.5 Å². The van der Waals surface area contributed by atoms with Crippen molar-refractivity contribution in [2.75, 3.05) is 19.5 Å². The molecular formula is C33H25BrCl2N2O6. The van der Waals surface area contributed by atoms with Crippen LogP contribution in [0.15, 0.2) is 83.3 Å². The first kappa shape index (κ1) is 30.0. The van der Waals surface area contributed by atoms with E-state index in [0.29, 0.717) is 48.6 Å². The fraction of sp³-hybridized carbons (Fsp3) is 0.182. The van der Waals surface area contributed by atoms with Crippen molar-refractivity contribution >= 4 is 62.6 Å². The summed E-state index contributed by atoms with van der Waals surface area (Å²) in [7, 11) is 2.76. The van der Waals surface area contributed by atoms with Gasteiger partial charge < -0.3 is 24.8 Å². The summed E-state index contributed by atoms with van der Waals surface area (Å²) in [6.45, 7) is 0. The van der Waals surface area contributed by atoms with Crippen LogP contribution < -0.4 is 20.1 Å². The largest absolute Gasteiger partial charge is 0.493 e. The molecule has 1 spiro atoms. The van der Waals surface area contributed by atoms with Crippen molar-refractivity contribution < 1.29 is 28.6 Å². The van der Waals surface area contributed by atoms with Crippen LogP contribution in [0.2, 0.25) is 10.0 Å². The Morgan fingerprint density at radius 3 is 2.43 bits per heavy atom. The highest BCUT2D eigenvalue weighted by Gasteiger charge is 2.61. The quantitative estimate of drug-likeness (QED) is 0.202. The normalized spacial score (nSPS) is 20.5. The van der Waals surface area contributed by atoms with E-state index in [-0.39, 0.29) is 23.8 Å². The van der Waals surface area contributed by atoms with Crippen LogP contribution in [-0.4, -0.2) is 32.0 Å². The van der Waals surface area contributed by atoms with E-state index in [1.807, 2.05) is 18.2 Å². The number of carbonyl (C=O) groups is 3. The molecule has 4 aromatic carbocycles. The number of anilines is 1. The van der Waals surface area contributed by atoms with Gasteiger partial charge in [0, 0.05) is 38.1 Å². The Balaban J connectivity index is 1.56. The van der Waals surface area contributed by atoms with E-state index in [9.17, 15) is 14.4 Å². The lowest BCUT2D eigenvalue weighted by molar-refractivity contribution is -0.131. The third-order valence-corrected chi connectivity index (χ3v) is 9.05. The summed E-state index contributed by atoms with van der Waals surface area (Å²) in [5.41, 5.74) is 1.51. The van der Waals surface area contributed by atoms with Gasteiger partial charge in [-0.25, -0.2) is 4.79 Å². The molecule has 1 fully saturated rings. The average Bonchev–Trinajstić information content (AvgIpc) is 3.29. The Morgan fingerprint density at radius 1 is 0.909 bits per heavy atom. The monoisotopic (exact) mass is 694 g/mol. The van der Waals surface area contributed by atoms with E-state index in [1.54, 1.807) is 54.6 Å². The number of halogens is 3. The number of esters is 1. The molecule has 2 aliphatic heterocycles. The summed E-state index contributed by atoms with van der Waals surface area (Å²) in [6.07, 6.45) is 0.0410. The first-order chi connectivity index (χ1) is 21.1. The van der Waals surface area contributed by atoms with Crippen molar-refractivity contribution in [2.45, 2.75) is 23.8 Å². The molecule has 2 heterocycles. The van der Waals surface area contributed by atoms with Gasteiger partial charge in [0.1, 0.15) is 11.2 Å². The maximum Gasteiger partial charge on any atom is 0.337 e. The molecule has 4 aromatic rings. The molecule has 8 nitrogen and oxygen atoms in total. The van der Waals surface area contributed by atoms with Crippen LogP contribution in [0.4, 0.5) is 5.69 Å². The summed E-state index contributed by atoms with van der Waals surface area (Å²) in [4.78, 5) is 40.0. The van der Waals surface area contributed by atoms with Gasteiger partial charge >= 0.3 is 5.97 Å². The number of amides is 2. The second kappa shape index (κ2) is 11.8. The van der Waals surface area contributed by atoms with E-state index in [0.717, 1.165) is 5.56 Å². The molecular weight excluding hydrogens is 671 g/mol. The molecule has 224 valence electrons. The third-order valence-electron chi connectivity index (χ3n) is 8.09. The predicted molar refractivity (Wildman–Crippen MR) is 170 cm³/mol. The Morgan fingerprint density at radius 2 is 1.68 bits per heavy atom. The second-order valence-electron chi connectivity index (χ2n) is 10.5. The van der Waals surface area contributed by atoms with Crippen molar-refractivity contribution in [1.82, 2.24) is 5.32 Å². The van der Waals surface area contributed by atoms with Crippen molar-refractivity contribution in [2.24, 2.45) is 0 Å². The van der Waals surface area contributed by atoms with Gasteiger partial charge in [-0.3, -0.25) is 9.59 Å². The summed E-state index contributed by atoms with van der Waals surface area (Å²) in [6, 6.07) is 21.6. The van der Waals surface area contributed by atoms with Crippen LogP contribution in [0.5, 0.6) is 17.2 Å². The molecule has 0 aliphatic carbocycles. The summed E-state index contributed by atoms with van der Waals surface area (Å²) >= 11 is 16.3. The predicted octanol–water partition coefficient (Wildman–Crippen LogP) is 7.58. The molecule has 3 atom stereocenters. The van der Waals surface area contributed by atoms with Gasteiger partial charge in [-0.1, -0.05) is 57.3 Å². The molecule has 6 rings (SSSR count). The maximum absolute atomic E-state index is 14.4. The highest BCUT2D eigenvalue weighted by molar-refractivity contribution is 9.10. The molecule has 11 heteroatoms. The van der Waals surface area contributed by atoms with E-state index in [1.165, 1.54) is 20.3 Å². The number of ether oxygens (including phenoxy) is 3. The standard InChI is InChI=1S/C33H25BrCl2N2O6/c1-42-28-13-18(31(40)43-2)6-10-27(28)44-26-11-7-19(34)14-22(26)30-33(23-9-8-21(36)15-25(23)37-32(33)41)24(16-29(39)38-30)17-4-3-5-20(35)12-17/h3-15,24,30H,16H2,1-2H3,(H,37,41)(H,38,39)/t24-,30+,33?/m0/s1. The molecule has 0 bridgehead atoms. The number of rotatable bonds is 6. The Bertz CT molecular complexity index is 1830. The second-order valence-corrected chi connectivity index (χ2v) is 12.3. The zero-order valence-electron chi connectivity index (χ0n) is 23.5. The lowest BCUT2D eigenvalue weighted by Crippen LogP contribution is -2.56. The minimum atomic E-state index is -1.31. The first-order valence-electron chi connectivity index (χ1n) is 13.6. The molecule has 2 N–H and O–H groups in total. The van der Waals surface area contributed by atoms with Crippen molar-refractivity contribution in [3.8, 4) is 17.2 Å². The number of methoxy groups -OCH3 is 2. The van der Waals surface area contributed by atoms with E-state index in [2.05, 4.69) is 26.6 Å². The molecule has 2 amide bonds. The SMILES string of the molecule is COC(=O)c1ccc(Oc2ccc(Br)cc2[C@H]2NC(=O)C[C@@H](c3cccc(Cl)c3)C23C(=O)Nc2cc(Cl)ccc23)c(OC)c1. The number of fused-ring (bicyclic) bond motifs is 2. The van der Waals surface area contributed by atoms with E-state index >= 15 is 0 Å². The molecule has 1 saturated heterocycles. The van der Waals surface area contributed by atoms with Crippen molar-refractivity contribution in [3.05, 3.63) is 116 Å². The van der Waals surface area contributed by atoms with Gasteiger partial charge in [0.05, 0.1) is 25.8 Å². The number of hydrogen-bond acceptors (Lipinski definition) is 6. The number of carbonyl (C=O) groups excluding carboxylic acids is 3. The summed E-state index contributed by atoms with van der Waals surface area (Å²) in [5, 5.41) is 7.10. The van der Waals surface area contributed by atoms with Crippen molar-refractivity contribution in [3.63, 3.8) is 0 Å². The van der Waals surface area contributed by atoms with Crippen molar-refractivity contribution in [1.29, 1.82) is 0 Å². The Hall–Kier alpha value is -4.05. The van der Waals surface area contributed by atoms with Crippen LogP contribution in [0.25, 0.3) is 0 Å². The molecule has 0 saturated carbocycles. The van der Waals surface area contributed by atoms with Gasteiger partial charge in [-0.2, -0.15) is 0 Å². The highest BCUT2D eigenvalue weighted by Crippen LogP contribution is 2.59. The Labute approximate surface area is 271 Å². The van der Waals surface area contributed by atoms with Crippen LogP contribution in [0.3, 0.4) is 0 Å². The van der Waals surface area contributed by atoms with Gasteiger partial charge in [0.2, 0.25) is 11.8 Å². The lowest BCUT2D eigenvalue weighted by atomic mass is 9.59. The van der Waals surface area contributed by atoms with Gasteiger partial charge in [-0.15, -0.1) is 0 Å². The number of hydrogen-bond donors (Lipinski definition) is 2. The summed E-state index contributed by atoms with van der Waals surface area (Å²) in [5.74, 6) is -0.688. The zero-order valence-corrected chi connectivity index (χ0v) is 26.5. The van der Waals surface area contributed by atoms with Gasteiger partial charge in [0.25, 0.3) is 0 Å². The fourth-order valence-corrected chi connectivity index (χ4v) is 6.97. The minimum absolute atomic E-state index is 0.0410. The number of nitrogens with one attached hydrogen (secondary N) is 2. The molecule has 44 heavy (non-hydrogen) atoms. The Kier molecular flexibility index (Phi) is 8.04. The van der Waals surface area contributed by atoms with E-state index < -0.39 is 23.3 Å². The smallest absolute Gasteiger partial charge is 0.337 e. The topological polar surface area (TPSA) is 103 Å². The molecule has 0 radical (unpaired) electrons. The van der Waals surface area contributed by atoms with Crippen LogP contribution in [0, 0.1) is 0 Å². The fourth-order valence-electron chi connectivity index (χ4n) is 6.22. The van der Waals surface area contributed by atoms with Crippen LogP contribution in [0.1, 0.15) is 45.4 Å². The van der Waals surface area contributed by atoms with E-state index in [4.69, 9.17) is 37.4 Å².